The number of carbonyl (C=O) groups excluding carboxylic acids is 1. The number of benzene rings is 2. The van der Waals surface area contributed by atoms with Gasteiger partial charge in [-0.15, -0.1) is 0 Å². The average Bonchev–Trinajstić information content (AvgIpc) is 2.92. The molecule has 1 amide bonds. The fraction of sp³-hybridized carbons (Fsp3) is 0.200. The molecular weight excluding hydrogens is 352 g/mol. The molecule has 0 fully saturated rings. The molecule has 1 aromatic heterocycles. The number of aryl methyl sites for hydroxylation is 1. The number of halogens is 2. The number of methoxy groups -OCH3 is 1. The molecule has 0 saturated heterocycles. The third-order valence-corrected chi connectivity index (χ3v) is 4.46. The smallest absolute Gasteiger partial charge is 0.268 e. The van der Waals surface area contributed by atoms with Crippen LogP contribution < -0.4 is 5.32 Å². The van der Waals surface area contributed by atoms with Crippen molar-refractivity contribution in [2.24, 2.45) is 7.05 Å². The van der Waals surface area contributed by atoms with E-state index in [2.05, 4.69) is 5.32 Å². The second-order valence-corrected chi connectivity index (χ2v) is 6.13. The summed E-state index contributed by atoms with van der Waals surface area (Å²) in [6, 6.07) is 9.07. The van der Waals surface area contributed by atoms with Gasteiger partial charge in [-0.25, -0.2) is 8.78 Å². The van der Waals surface area contributed by atoms with Gasteiger partial charge in [0.25, 0.3) is 5.91 Å². The van der Waals surface area contributed by atoms with Crippen LogP contribution in [0.5, 0.6) is 0 Å². The first kappa shape index (κ1) is 18.7. The zero-order valence-corrected chi connectivity index (χ0v) is 15.0. The van der Waals surface area contributed by atoms with Crippen LogP contribution in [0.3, 0.4) is 0 Å². The lowest BCUT2D eigenvalue weighted by Gasteiger charge is -2.08. The fourth-order valence-electron chi connectivity index (χ4n) is 3.11. The fourth-order valence-corrected chi connectivity index (χ4v) is 3.11. The van der Waals surface area contributed by atoms with Crippen LogP contribution in [0.25, 0.3) is 10.9 Å². The summed E-state index contributed by atoms with van der Waals surface area (Å²) >= 11 is 0. The molecule has 2 aromatic carbocycles. The predicted octanol–water partition coefficient (Wildman–Crippen LogP) is 3.53. The monoisotopic (exact) mass is 371 g/mol. The molecule has 27 heavy (non-hydrogen) atoms. The number of rotatable bonds is 6. The van der Waals surface area contributed by atoms with E-state index in [9.17, 15) is 13.6 Å². The summed E-state index contributed by atoms with van der Waals surface area (Å²) in [5.41, 5.74) is 1.85. The van der Waals surface area contributed by atoms with E-state index in [0.29, 0.717) is 27.6 Å². The molecule has 3 aromatic rings. The Morgan fingerprint density at radius 3 is 2.63 bits per heavy atom. The van der Waals surface area contributed by atoms with E-state index >= 15 is 0 Å². The second-order valence-electron chi connectivity index (χ2n) is 6.13. The van der Waals surface area contributed by atoms with Crippen molar-refractivity contribution in [3.8, 4) is 0 Å². The lowest BCUT2D eigenvalue weighted by molar-refractivity contribution is 0.0942. The molecular formula is C20H19F2N3O2. The zero-order chi connectivity index (χ0) is 19.6. The first-order chi connectivity index (χ1) is 13.0. The van der Waals surface area contributed by atoms with Crippen molar-refractivity contribution in [2.45, 2.75) is 13.2 Å². The predicted molar refractivity (Wildman–Crippen MR) is 99.0 cm³/mol. The highest BCUT2D eigenvalue weighted by atomic mass is 19.1. The maximum atomic E-state index is 14.3. The molecule has 140 valence electrons. The summed E-state index contributed by atoms with van der Waals surface area (Å²) in [6.07, 6.45) is 1.02. The summed E-state index contributed by atoms with van der Waals surface area (Å²) in [5.74, 6) is -1.34. The lowest BCUT2D eigenvalue weighted by Crippen LogP contribution is -2.26. The van der Waals surface area contributed by atoms with Gasteiger partial charge in [-0.3, -0.25) is 4.79 Å². The van der Waals surface area contributed by atoms with E-state index in [0.717, 1.165) is 6.21 Å². The summed E-state index contributed by atoms with van der Waals surface area (Å²) in [7, 11) is 3.14. The van der Waals surface area contributed by atoms with Crippen molar-refractivity contribution in [3.63, 3.8) is 0 Å². The number of ether oxygens (including phenoxy) is 1. The van der Waals surface area contributed by atoms with Gasteiger partial charge in [0.15, 0.2) is 0 Å². The average molecular weight is 371 g/mol. The van der Waals surface area contributed by atoms with Gasteiger partial charge >= 0.3 is 0 Å². The first-order valence-electron chi connectivity index (χ1n) is 8.29. The van der Waals surface area contributed by atoms with Crippen LogP contribution in [0.4, 0.5) is 8.78 Å². The summed E-state index contributed by atoms with van der Waals surface area (Å²) in [4.78, 5) is 12.7. The Kier molecular flexibility index (Phi) is 5.32. The van der Waals surface area contributed by atoms with Gasteiger partial charge < -0.3 is 20.0 Å². The van der Waals surface area contributed by atoms with Crippen LogP contribution in [0, 0.1) is 17.0 Å². The van der Waals surface area contributed by atoms with E-state index in [1.54, 1.807) is 35.9 Å². The Morgan fingerprint density at radius 2 is 1.96 bits per heavy atom. The van der Waals surface area contributed by atoms with Crippen molar-refractivity contribution >= 4 is 23.0 Å². The van der Waals surface area contributed by atoms with Crippen molar-refractivity contribution in [1.82, 2.24) is 9.88 Å². The molecule has 0 aliphatic carbocycles. The standard InChI is InChI=1S/C20H19F2N3O2/c1-25-18-7-13(11-27-2)17(22)8-14(18)15(9-23)19(25)20(26)24-10-12-5-3-4-6-16(12)21/h3-9,23H,10-11H2,1-2H3,(H,24,26). The number of hydrogen-bond acceptors (Lipinski definition) is 3. The highest BCUT2D eigenvalue weighted by Crippen LogP contribution is 2.27. The number of hydrogen-bond donors (Lipinski definition) is 2. The SMILES string of the molecule is COCc1cc2c(cc1F)c(C=N)c(C(=O)NCc1ccccc1F)n2C. The Labute approximate surface area is 155 Å². The van der Waals surface area contributed by atoms with Crippen LogP contribution in [0.15, 0.2) is 36.4 Å². The first-order valence-corrected chi connectivity index (χ1v) is 8.29. The van der Waals surface area contributed by atoms with Crippen LogP contribution in [0.2, 0.25) is 0 Å². The molecule has 0 radical (unpaired) electrons. The molecule has 3 rings (SSSR count). The van der Waals surface area contributed by atoms with Gasteiger partial charge in [0.2, 0.25) is 0 Å². The Balaban J connectivity index is 2.00. The molecule has 0 unspecified atom stereocenters. The molecule has 0 aliphatic rings. The molecule has 1 heterocycles. The van der Waals surface area contributed by atoms with Crippen molar-refractivity contribution < 1.29 is 18.3 Å². The molecule has 0 aliphatic heterocycles. The van der Waals surface area contributed by atoms with E-state index in [-0.39, 0.29) is 18.8 Å². The van der Waals surface area contributed by atoms with Gasteiger partial charge in [0.05, 0.1) is 6.61 Å². The Morgan fingerprint density at radius 1 is 1.22 bits per heavy atom. The normalized spacial score (nSPS) is 11.0. The van der Waals surface area contributed by atoms with Gasteiger partial charge in [0, 0.05) is 54.5 Å². The van der Waals surface area contributed by atoms with Gasteiger partial charge in [0.1, 0.15) is 17.3 Å². The van der Waals surface area contributed by atoms with Crippen molar-refractivity contribution in [1.29, 1.82) is 5.41 Å². The minimum atomic E-state index is -0.468. The minimum absolute atomic E-state index is 0.00770. The minimum Gasteiger partial charge on any atom is -0.380 e. The number of fused-ring (bicyclic) bond motifs is 1. The van der Waals surface area contributed by atoms with Crippen LogP contribution in [-0.2, 0) is 24.9 Å². The molecule has 2 N–H and O–H groups in total. The molecule has 5 nitrogen and oxygen atoms in total. The van der Waals surface area contributed by atoms with Gasteiger partial charge in [-0.05, 0) is 18.2 Å². The highest BCUT2D eigenvalue weighted by molar-refractivity contribution is 6.10. The van der Waals surface area contributed by atoms with Crippen LogP contribution >= 0.6 is 0 Å². The Hall–Kier alpha value is -3.06. The van der Waals surface area contributed by atoms with E-state index in [4.69, 9.17) is 10.1 Å². The third kappa shape index (κ3) is 3.46. The number of nitrogens with one attached hydrogen (secondary N) is 2. The molecule has 0 spiro atoms. The number of carbonyl (C=O) groups is 1. The van der Waals surface area contributed by atoms with Gasteiger partial charge in [-0.2, -0.15) is 0 Å². The summed E-state index contributed by atoms with van der Waals surface area (Å²) in [6.45, 7) is 0.107. The van der Waals surface area contributed by atoms with Crippen molar-refractivity contribution in [2.75, 3.05) is 7.11 Å². The Bertz CT molecular complexity index is 1030. The quantitative estimate of drug-likeness (QED) is 0.651. The van der Waals surface area contributed by atoms with Gasteiger partial charge in [-0.1, -0.05) is 18.2 Å². The summed E-state index contributed by atoms with van der Waals surface area (Å²) < 4.78 is 34.6. The molecule has 0 bridgehead atoms. The summed E-state index contributed by atoms with van der Waals surface area (Å²) in [5, 5.41) is 10.8. The number of nitrogens with zero attached hydrogens (tertiary/aromatic N) is 1. The van der Waals surface area contributed by atoms with Crippen molar-refractivity contribution in [3.05, 3.63) is 70.4 Å². The number of aromatic nitrogens is 1. The van der Waals surface area contributed by atoms with Crippen LogP contribution in [-0.4, -0.2) is 23.8 Å². The largest absolute Gasteiger partial charge is 0.380 e. The topological polar surface area (TPSA) is 67.1 Å². The molecule has 0 atom stereocenters. The maximum Gasteiger partial charge on any atom is 0.268 e. The maximum absolute atomic E-state index is 14.3. The molecule has 0 saturated carbocycles. The van der Waals surface area contributed by atoms with Crippen LogP contribution in [0.1, 0.15) is 27.2 Å². The zero-order valence-electron chi connectivity index (χ0n) is 15.0. The van der Waals surface area contributed by atoms with E-state index in [1.165, 1.54) is 19.2 Å². The third-order valence-electron chi connectivity index (χ3n) is 4.46. The number of amides is 1. The second kappa shape index (κ2) is 7.67. The highest BCUT2D eigenvalue weighted by Gasteiger charge is 2.21. The van der Waals surface area contributed by atoms with E-state index < -0.39 is 17.5 Å². The van der Waals surface area contributed by atoms with E-state index in [1.807, 2.05) is 0 Å². The molecule has 7 heteroatoms. The lowest BCUT2D eigenvalue weighted by atomic mass is 10.1.